The highest BCUT2D eigenvalue weighted by molar-refractivity contribution is 5.76. The summed E-state index contributed by atoms with van der Waals surface area (Å²) in [7, 11) is 0. The highest BCUT2D eigenvalue weighted by Crippen LogP contribution is 2.19. The van der Waals surface area contributed by atoms with Crippen LogP contribution in [0.3, 0.4) is 0 Å². The van der Waals surface area contributed by atoms with Crippen molar-refractivity contribution in [1.82, 2.24) is 14.5 Å². The number of aromatic nitrogens is 3. The van der Waals surface area contributed by atoms with Gasteiger partial charge in [0, 0.05) is 11.8 Å². The van der Waals surface area contributed by atoms with Gasteiger partial charge < -0.3 is 14.7 Å². The number of hydrogen-bond acceptors (Lipinski definition) is 6. The lowest BCUT2D eigenvalue weighted by atomic mass is 10.3. The molecular formula is C13H8N6O. The Balaban J connectivity index is 2.00. The fourth-order valence-electron chi connectivity index (χ4n) is 1.90. The minimum atomic E-state index is 0.0906. The first-order chi connectivity index (χ1) is 9.71. The molecule has 0 bridgehead atoms. The first-order valence-electron chi connectivity index (χ1n) is 5.71. The molecule has 0 saturated carbocycles. The van der Waals surface area contributed by atoms with E-state index in [1.807, 2.05) is 12.1 Å². The molecule has 3 rings (SSSR count). The summed E-state index contributed by atoms with van der Waals surface area (Å²) in [6, 6.07) is 9.00. The average molecular weight is 264 g/mol. The summed E-state index contributed by atoms with van der Waals surface area (Å²) in [5, 5.41) is 17.9. The standard InChI is InChI=1S/C13H8N6O/c14-4-10-11(5-15)19(7-17-10)6-13-18-9-2-1-8(16)3-12(9)20-13/h1-3,7H,6,16H2. The fraction of sp³-hybridized carbons (Fsp3) is 0.0769. The largest absolute Gasteiger partial charge is 0.439 e. The van der Waals surface area contributed by atoms with E-state index in [-0.39, 0.29) is 17.9 Å². The smallest absolute Gasteiger partial charge is 0.215 e. The maximum atomic E-state index is 9.04. The number of nitrogen functional groups attached to an aromatic ring is 1. The van der Waals surface area contributed by atoms with Crippen LogP contribution >= 0.6 is 0 Å². The molecule has 0 aliphatic heterocycles. The minimum Gasteiger partial charge on any atom is -0.439 e. The second-order valence-corrected chi connectivity index (χ2v) is 4.13. The Morgan fingerprint density at radius 3 is 2.90 bits per heavy atom. The highest BCUT2D eigenvalue weighted by atomic mass is 16.3. The first kappa shape index (κ1) is 11.8. The molecule has 0 amide bonds. The number of rotatable bonds is 2. The molecule has 0 spiro atoms. The topological polar surface area (TPSA) is 117 Å². The lowest BCUT2D eigenvalue weighted by Gasteiger charge is -1.98. The predicted molar refractivity (Wildman–Crippen MR) is 69.2 cm³/mol. The van der Waals surface area contributed by atoms with Gasteiger partial charge >= 0.3 is 0 Å². The normalized spacial score (nSPS) is 10.3. The van der Waals surface area contributed by atoms with Gasteiger partial charge in [-0.1, -0.05) is 0 Å². The molecule has 20 heavy (non-hydrogen) atoms. The molecule has 0 aliphatic rings. The third-order valence-corrected chi connectivity index (χ3v) is 2.81. The van der Waals surface area contributed by atoms with Crippen molar-refractivity contribution >= 4 is 16.8 Å². The van der Waals surface area contributed by atoms with Crippen LogP contribution in [0.2, 0.25) is 0 Å². The lowest BCUT2D eigenvalue weighted by molar-refractivity contribution is 0.507. The van der Waals surface area contributed by atoms with Crippen molar-refractivity contribution in [2.75, 3.05) is 5.73 Å². The summed E-state index contributed by atoms with van der Waals surface area (Å²) in [6.07, 6.45) is 1.42. The Bertz CT molecular complexity index is 877. The van der Waals surface area contributed by atoms with Crippen molar-refractivity contribution < 1.29 is 4.42 Å². The van der Waals surface area contributed by atoms with E-state index in [0.29, 0.717) is 22.7 Å². The molecule has 2 N–H and O–H groups in total. The van der Waals surface area contributed by atoms with Gasteiger partial charge in [0.2, 0.25) is 5.89 Å². The summed E-state index contributed by atoms with van der Waals surface area (Å²) in [5.41, 5.74) is 7.81. The Kier molecular flexibility index (Phi) is 2.59. The van der Waals surface area contributed by atoms with Gasteiger partial charge in [0.25, 0.3) is 0 Å². The number of anilines is 1. The SMILES string of the molecule is N#Cc1ncn(Cc2nc3ccc(N)cc3o2)c1C#N. The summed E-state index contributed by atoms with van der Waals surface area (Å²) in [5.74, 6) is 0.420. The zero-order chi connectivity index (χ0) is 14.1. The van der Waals surface area contributed by atoms with Crippen LogP contribution in [0.15, 0.2) is 28.9 Å². The van der Waals surface area contributed by atoms with E-state index in [2.05, 4.69) is 9.97 Å². The van der Waals surface area contributed by atoms with Crippen LogP contribution in [0, 0.1) is 22.7 Å². The lowest BCUT2D eigenvalue weighted by Crippen LogP contribution is -2.01. The maximum Gasteiger partial charge on any atom is 0.215 e. The van der Waals surface area contributed by atoms with Crippen LogP contribution in [0.25, 0.3) is 11.1 Å². The quantitative estimate of drug-likeness (QED) is 0.699. The van der Waals surface area contributed by atoms with Crippen molar-refractivity contribution in [3.8, 4) is 12.1 Å². The van der Waals surface area contributed by atoms with E-state index in [1.54, 1.807) is 18.2 Å². The minimum absolute atomic E-state index is 0.0906. The first-order valence-corrected chi connectivity index (χ1v) is 5.71. The van der Waals surface area contributed by atoms with Crippen molar-refractivity contribution in [1.29, 1.82) is 10.5 Å². The Morgan fingerprint density at radius 2 is 2.15 bits per heavy atom. The monoisotopic (exact) mass is 264 g/mol. The van der Waals surface area contributed by atoms with Crippen molar-refractivity contribution in [3.05, 3.63) is 41.8 Å². The second-order valence-electron chi connectivity index (χ2n) is 4.13. The molecule has 2 aromatic heterocycles. The molecule has 7 heteroatoms. The van der Waals surface area contributed by atoms with E-state index in [0.717, 1.165) is 0 Å². The Hall–Kier alpha value is -3.32. The summed E-state index contributed by atoms with van der Waals surface area (Å²) in [4.78, 5) is 8.16. The molecule has 2 heterocycles. The third-order valence-electron chi connectivity index (χ3n) is 2.81. The van der Waals surface area contributed by atoms with Crippen molar-refractivity contribution in [2.45, 2.75) is 6.54 Å². The summed E-state index contributed by atoms with van der Waals surface area (Å²) < 4.78 is 7.08. The number of benzene rings is 1. The summed E-state index contributed by atoms with van der Waals surface area (Å²) in [6.45, 7) is 0.228. The van der Waals surface area contributed by atoms with Crippen LogP contribution in [-0.2, 0) is 6.54 Å². The third kappa shape index (κ3) is 1.84. The van der Waals surface area contributed by atoms with Crippen molar-refractivity contribution in [3.63, 3.8) is 0 Å². The van der Waals surface area contributed by atoms with Gasteiger partial charge in [-0.25, -0.2) is 9.97 Å². The van der Waals surface area contributed by atoms with E-state index >= 15 is 0 Å². The van der Waals surface area contributed by atoms with E-state index in [4.69, 9.17) is 20.7 Å². The number of fused-ring (bicyclic) bond motifs is 1. The van der Waals surface area contributed by atoms with E-state index < -0.39 is 0 Å². The van der Waals surface area contributed by atoms with E-state index in [9.17, 15) is 0 Å². The second kappa shape index (κ2) is 4.41. The number of nitrogens with zero attached hydrogens (tertiary/aromatic N) is 5. The number of nitriles is 2. The molecule has 0 aliphatic carbocycles. The van der Waals surface area contributed by atoms with E-state index in [1.165, 1.54) is 10.9 Å². The Morgan fingerprint density at radius 1 is 1.30 bits per heavy atom. The molecule has 3 aromatic rings. The predicted octanol–water partition coefficient (Wildman–Crippen LogP) is 1.40. The molecular weight excluding hydrogens is 256 g/mol. The van der Waals surface area contributed by atoms with Gasteiger partial charge in [-0.2, -0.15) is 10.5 Å². The van der Waals surface area contributed by atoms with Crippen LogP contribution in [0.4, 0.5) is 5.69 Å². The molecule has 0 fully saturated rings. The van der Waals surface area contributed by atoms with Gasteiger partial charge in [-0.15, -0.1) is 0 Å². The van der Waals surface area contributed by atoms with Gasteiger partial charge in [-0.05, 0) is 12.1 Å². The number of hydrogen-bond donors (Lipinski definition) is 1. The van der Waals surface area contributed by atoms with Gasteiger partial charge in [0.15, 0.2) is 17.0 Å². The van der Waals surface area contributed by atoms with Gasteiger partial charge in [0.05, 0.1) is 6.33 Å². The summed E-state index contributed by atoms with van der Waals surface area (Å²) >= 11 is 0. The fourth-order valence-corrected chi connectivity index (χ4v) is 1.90. The highest BCUT2D eigenvalue weighted by Gasteiger charge is 2.13. The van der Waals surface area contributed by atoms with Crippen LogP contribution in [0.1, 0.15) is 17.3 Å². The van der Waals surface area contributed by atoms with Gasteiger partial charge in [-0.3, -0.25) is 0 Å². The number of nitrogens with two attached hydrogens (primary N) is 1. The Labute approximate surface area is 113 Å². The van der Waals surface area contributed by atoms with Crippen LogP contribution in [0.5, 0.6) is 0 Å². The molecule has 0 radical (unpaired) electrons. The average Bonchev–Trinajstić information content (AvgIpc) is 3.01. The van der Waals surface area contributed by atoms with Gasteiger partial charge in [0.1, 0.15) is 24.2 Å². The van der Waals surface area contributed by atoms with Crippen molar-refractivity contribution in [2.24, 2.45) is 0 Å². The maximum absolute atomic E-state index is 9.04. The molecule has 96 valence electrons. The number of oxazole rings is 1. The molecule has 7 nitrogen and oxygen atoms in total. The van der Waals surface area contributed by atoms with Crippen LogP contribution < -0.4 is 5.73 Å². The molecule has 0 unspecified atom stereocenters. The zero-order valence-corrected chi connectivity index (χ0v) is 10.2. The molecule has 1 aromatic carbocycles. The number of imidazole rings is 1. The zero-order valence-electron chi connectivity index (χ0n) is 10.2. The van der Waals surface area contributed by atoms with Crippen LogP contribution in [-0.4, -0.2) is 14.5 Å². The molecule has 0 saturated heterocycles. The molecule has 0 atom stereocenters.